The first-order chi connectivity index (χ1) is 8.74. The molecule has 0 unspecified atom stereocenters. The minimum absolute atomic E-state index is 0.661. The van der Waals surface area contributed by atoms with Crippen molar-refractivity contribution in [2.75, 3.05) is 17.2 Å². The van der Waals surface area contributed by atoms with Crippen LogP contribution in [0.4, 0.5) is 5.95 Å². The minimum atomic E-state index is 0.661. The van der Waals surface area contributed by atoms with Gasteiger partial charge in [-0.25, -0.2) is 4.98 Å². The summed E-state index contributed by atoms with van der Waals surface area (Å²) in [5, 5.41) is 0. The maximum atomic E-state index is 6.07. The average molecular weight is 261 g/mol. The van der Waals surface area contributed by atoms with Crippen LogP contribution in [0.5, 0.6) is 0 Å². The van der Waals surface area contributed by atoms with E-state index >= 15 is 0 Å². The van der Waals surface area contributed by atoms with E-state index in [0.717, 1.165) is 18.0 Å². The van der Waals surface area contributed by atoms with Gasteiger partial charge in [-0.05, 0) is 54.9 Å². The number of anilines is 1. The molecule has 2 N–H and O–H groups in total. The van der Waals surface area contributed by atoms with Crippen molar-refractivity contribution in [2.24, 2.45) is 5.92 Å². The predicted octanol–water partition coefficient (Wildman–Crippen LogP) is 3.07. The lowest BCUT2D eigenvalue weighted by atomic mass is 10.0. The number of aryl methyl sites for hydroxylation is 1. The SMILES string of the molecule is Cc1ccc2c(c1)nc(N)n2CC1CCSCC1. The third kappa shape index (κ3) is 2.21. The molecule has 4 heteroatoms. The second-order valence-electron chi connectivity index (χ2n) is 5.13. The number of hydrogen-bond acceptors (Lipinski definition) is 3. The molecule has 0 aliphatic carbocycles. The zero-order chi connectivity index (χ0) is 12.5. The number of nitrogen functional groups attached to an aromatic ring is 1. The molecule has 0 spiro atoms. The fraction of sp³-hybridized carbons (Fsp3) is 0.500. The van der Waals surface area contributed by atoms with Gasteiger partial charge in [-0.15, -0.1) is 0 Å². The molecule has 2 heterocycles. The summed E-state index contributed by atoms with van der Waals surface area (Å²) in [5.74, 6) is 3.99. The largest absolute Gasteiger partial charge is 0.369 e. The van der Waals surface area contributed by atoms with E-state index in [9.17, 15) is 0 Å². The van der Waals surface area contributed by atoms with E-state index in [1.54, 1.807) is 0 Å². The topological polar surface area (TPSA) is 43.8 Å². The van der Waals surface area contributed by atoms with Crippen LogP contribution in [-0.2, 0) is 6.54 Å². The van der Waals surface area contributed by atoms with Crippen LogP contribution in [0.1, 0.15) is 18.4 Å². The van der Waals surface area contributed by atoms with Gasteiger partial charge in [0.25, 0.3) is 0 Å². The van der Waals surface area contributed by atoms with E-state index in [4.69, 9.17) is 5.73 Å². The van der Waals surface area contributed by atoms with Crippen molar-refractivity contribution in [1.29, 1.82) is 0 Å². The van der Waals surface area contributed by atoms with Crippen LogP contribution in [0.25, 0.3) is 11.0 Å². The number of aromatic nitrogens is 2. The Morgan fingerprint density at radius 1 is 1.39 bits per heavy atom. The zero-order valence-corrected chi connectivity index (χ0v) is 11.5. The molecular weight excluding hydrogens is 242 g/mol. The summed E-state index contributed by atoms with van der Waals surface area (Å²) < 4.78 is 2.19. The number of benzene rings is 1. The Kier molecular flexibility index (Phi) is 3.20. The molecule has 96 valence electrons. The van der Waals surface area contributed by atoms with Crippen LogP contribution < -0.4 is 5.73 Å². The molecule has 0 bridgehead atoms. The normalized spacial score (nSPS) is 17.4. The Morgan fingerprint density at radius 2 is 2.17 bits per heavy atom. The first-order valence-electron chi connectivity index (χ1n) is 6.54. The monoisotopic (exact) mass is 261 g/mol. The van der Waals surface area contributed by atoms with Gasteiger partial charge in [-0.2, -0.15) is 11.8 Å². The number of imidazole rings is 1. The summed E-state index contributed by atoms with van der Waals surface area (Å²) in [7, 11) is 0. The van der Waals surface area contributed by atoms with E-state index < -0.39 is 0 Å². The molecule has 1 aromatic heterocycles. The number of thioether (sulfide) groups is 1. The van der Waals surface area contributed by atoms with Gasteiger partial charge < -0.3 is 10.3 Å². The Hall–Kier alpha value is -1.16. The summed E-state index contributed by atoms with van der Waals surface area (Å²) in [5.41, 5.74) is 9.51. The molecular formula is C14H19N3S. The van der Waals surface area contributed by atoms with Crippen LogP contribution in [0.15, 0.2) is 18.2 Å². The van der Waals surface area contributed by atoms with E-state index in [-0.39, 0.29) is 0 Å². The molecule has 0 atom stereocenters. The standard InChI is InChI=1S/C14H19N3S/c1-10-2-3-13-12(8-10)16-14(15)17(13)9-11-4-6-18-7-5-11/h2-3,8,11H,4-7,9H2,1H3,(H2,15,16). The maximum Gasteiger partial charge on any atom is 0.201 e. The summed E-state index contributed by atoms with van der Waals surface area (Å²) in [6.07, 6.45) is 2.60. The third-order valence-corrected chi connectivity index (χ3v) is 4.76. The molecule has 1 aliphatic heterocycles. The van der Waals surface area contributed by atoms with Crippen molar-refractivity contribution in [2.45, 2.75) is 26.3 Å². The molecule has 1 saturated heterocycles. The van der Waals surface area contributed by atoms with E-state index in [1.807, 2.05) is 0 Å². The van der Waals surface area contributed by atoms with Crippen molar-refractivity contribution < 1.29 is 0 Å². The Balaban J connectivity index is 1.92. The first-order valence-corrected chi connectivity index (χ1v) is 7.69. The van der Waals surface area contributed by atoms with Gasteiger partial charge in [0.15, 0.2) is 0 Å². The van der Waals surface area contributed by atoms with Crippen LogP contribution in [-0.4, -0.2) is 21.1 Å². The maximum absolute atomic E-state index is 6.07. The Bertz CT molecular complexity index is 555. The summed E-state index contributed by atoms with van der Waals surface area (Å²) in [6, 6.07) is 6.39. The number of nitrogens with zero attached hydrogens (tertiary/aromatic N) is 2. The molecule has 18 heavy (non-hydrogen) atoms. The predicted molar refractivity (Wildman–Crippen MR) is 78.9 cm³/mol. The van der Waals surface area contributed by atoms with Crippen LogP contribution in [0.3, 0.4) is 0 Å². The highest BCUT2D eigenvalue weighted by Crippen LogP contribution is 2.27. The molecule has 3 rings (SSSR count). The smallest absolute Gasteiger partial charge is 0.201 e. The third-order valence-electron chi connectivity index (χ3n) is 3.71. The molecule has 0 amide bonds. The van der Waals surface area contributed by atoms with Gasteiger partial charge in [0.1, 0.15) is 0 Å². The number of nitrogens with two attached hydrogens (primary N) is 1. The molecule has 0 radical (unpaired) electrons. The van der Waals surface area contributed by atoms with E-state index in [1.165, 1.54) is 35.4 Å². The highest BCUT2D eigenvalue weighted by molar-refractivity contribution is 7.99. The molecule has 3 nitrogen and oxygen atoms in total. The number of rotatable bonds is 2. The lowest BCUT2D eigenvalue weighted by Crippen LogP contribution is -2.17. The quantitative estimate of drug-likeness (QED) is 0.903. The average Bonchev–Trinajstić information content (AvgIpc) is 2.66. The summed E-state index contributed by atoms with van der Waals surface area (Å²) in [4.78, 5) is 4.47. The summed E-state index contributed by atoms with van der Waals surface area (Å²) in [6.45, 7) is 3.11. The van der Waals surface area contributed by atoms with Crippen molar-refractivity contribution in [3.8, 4) is 0 Å². The van der Waals surface area contributed by atoms with Crippen LogP contribution >= 0.6 is 11.8 Å². The molecule has 1 aromatic carbocycles. The fourth-order valence-electron chi connectivity index (χ4n) is 2.64. The minimum Gasteiger partial charge on any atom is -0.369 e. The molecule has 1 aliphatic rings. The van der Waals surface area contributed by atoms with Crippen molar-refractivity contribution in [3.63, 3.8) is 0 Å². The van der Waals surface area contributed by atoms with E-state index in [0.29, 0.717) is 5.95 Å². The van der Waals surface area contributed by atoms with Gasteiger partial charge in [-0.1, -0.05) is 6.07 Å². The summed E-state index contributed by atoms with van der Waals surface area (Å²) >= 11 is 2.06. The highest BCUT2D eigenvalue weighted by atomic mass is 32.2. The highest BCUT2D eigenvalue weighted by Gasteiger charge is 2.17. The second-order valence-corrected chi connectivity index (χ2v) is 6.35. The Labute approximate surface area is 112 Å². The van der Waals surface area contributed by atoms with Crippen LogP contribution in [0, 0.1) is 12.8 Å². The second kappa shape index (κ2) is 4.84. The Morgan fingerprint density at radius 3 is 2.94 bits per heavy atom. The van der Waals surface area contributed by atoms with Crippen LogP contribution in [0.2, 0.25) is 0 Å². The van der Waals surface area contributed by atoms with Gasteiger partial charge in [0.2, 0.25) is 5.95 Å². The fourth-order valence-corrected chi connectivity index (χ4v) is 3.84. The molecule has 1 fully saturated rings. The number of hydrogen-bond donors (Lipinski definition) is 1. The zero-order valence-electron chi connectivity index (χ0n) is 10.7. The molecule has 2 aromatic rings. The van der Waals surface area contributed by atoms with Crippen molar-refractivity contribution >= 4 is 28.7 Å². The van der Waals surface area contributed by atoms with Gasteiger partial charge >= 0.3 is 0 Å². The van der Waals surface area contributed by atoms with E-state index in [2.05, 4.69) is 46.4 Å². The first kappa shape index (κ1) is 11.9. The van der Waals surface area contributed by atoms with Gasteiger partial charge in [0.05, 0.1) is 11.0 Å². The van der Waals surface area contributed by atoms with Crippen molar-refractivity contribution in [3.05, 3.63) is 23.8 Å². The lowest BCUT2D eigenvalue weighted by Gasteiger charge is -2.22. The van der Waals surface area contributed by atoms with Crippen molar-refractivity contribution in [1.82, 2.24) is 9.55 Å². The molecule has 0 saturated carbocycles. The van der Waals surface area contributed by atoms with Gasteiger partial charge in [0, 0.05) is 6.54 Å². The van der Waals surface area contributed by atoms with Gasteiger partial charge in [-0.3, -0.25) is 0 Å². The number of fused-ring (bicyclic) bond motifs is 1. The lowest BCUT2D eigenvalue weighted by molar-refractivity contribution is 0.425.